The molecule has 1 fully saturated rings. The van der Waals surface area contributed by atoms with Gasteiger partial charge in [-0.2, -0.15) is 4.98 Å². The van der Waals surface area contributed by atoms with E-state index in [1.807, 2.05) is 12.1 Å². The van der Waals surface area contributed by atoms with Crippen LogP contribution in [0, 0.1) is 0 Å². The summed E-state index contributed by atoms with van der Waals surface area (Å²) in [5.41, 5.74) is 0.922. The topological polar surface area (TPSA) is 80.0 Å². The van der Waals surface area contributed by atoms with Gasteiger partial charge in [-0.15, -0.1) is 11.8 Å². The number of benzene rings is 1. The molecule has 21 heavy (non-hydrogen) atoms. The van der Waals surface area contributed by atoms with Crippen LogP contribution in [0.4, 0.5) is 0 Å². The van der Waals surface area contributed by atoms with Crippen molar-refractivity contribution in [2.24, 2.45) is 0 Å². The normalized spacial score (nSPS) is 18.5. The Morgan fingerprint density at radius 2 is 2.19 bits per heavy atom. The number of piperazine rings is 1. The molecule has 1 atom stereocenters. The van der Waals surface area contributed by atoms with E-state index in [-0.39, 0.29) is 18.5 Å². The standard InChI is InChI=1S/C14H16N4O2S/c1-2-21-10-5-3-9(4-6-10)13-17-14(20-18-13)11-7-16-12(19)8-15-11/h3-6,11,15H,2,7-8H2,1H3,(H,16,19). The van der Waals surface area contributed by atoms with E-state index < -0.39 is 0 Å². The quantitative estimate of drug-likeness (QED) is 0.835. The van der Waals surface area contributed by atoms with Gasteiger partial charge in [0.25, 0.3) is 0 Å². The van der Waals surface area contributed by atoms with Crippen molar-refractivity contribution >= 4 is 17.7 Å². The molecule has 2 aromatic rings. The summed E-state index contributed by atoms with van der Waals surface area (Å²) in [6.45, 7) is 2.86. The van der Waals surface area contributed by atoms with E-state index in [1.54, 1.807) is 11.8 Å². The molecule has 0 spiro atoms. The lowest BCUT2D eigenvalue weighted by atomic mass is 10.2. The summed E-state index contributed by atoms with van der Waals surface area (Å²) < 4.78 is 5.29. The van der Waals surface area contributed by atoms with Gasteiger partial charge in [-0.25, -0.2) is 0 Å². The molecule has 1 aliphatic rings. The number of rotatable bonds is 4. The number of thioether (sulfide) groups is 1. The maximum absolute atomic E-state index is 11.1. The van der Waals surface area contributed by atoms with Gasteiger partial charge in [-0.1, -0.05) is 12.1 Å². The van der Waals surface area contributed by atoms with Gasteiger partial charge in [0.15, 0.2) is 0 Å². The van der Waals surface area contributed by atoms with Crippen LogP contribution in [0.15, 0.2) is 33.7 Å². The van der Waals surface area contributed by atoms with Crippen LogP contribution in [-0.4, -0.2) is 34.9 Å². The fraction of sp³-hybridized carbons (Fsp3) is 0.357. The SMILES string of the molecule is CCSc1ccc(-c2noc(C3CNC(=O)CN3)n2)cc1. The van der Waals surface area contributed by atoms with Crippen molar-refractivity contribution in [3.63, 3.8) is 0 Å². The van der Waals surface area contributed by atoms with E-state index in [9.17, 15) is 4.79 Å². The summed E-state index contributed by atoms with van der Waals surface area (Å²) in [6.07, 6.45) is 0. The summed E-state index contributed by atoms with van der Waals surface area (Å²) in [5.74, 6) is 2.09. The summed E-state index contributed by atoms with van der Waals surface area (Å²) in [4.78, 5) is 16.7. The van der Waals surface area contributed by atoms with Crippen LogP contribution in [0.25, 0.3) is 11.4 Å². The fourth-order valence-electron chi connectivity index (χ4n) is 2.10. The van der Waals surface area contributed by atoms with Crippen molar-refractivity contribution in [3.8, 4) is 11.4 Å². The van der Waals surface area contributed by atoms with Crippen LogP contribution in [0.3, 0.4) is 0 Å². The minimum absolute atomic E-state index is 0.0185. The molecule has 1 aromatic carbocycles. The van der Waals surface area contributed by atoms with Crippen molar-refractivity contribution in [1.82, 2.24) is 20.8 Å². The van der Waals surface area contributed by atoms with Gasteiger partial charge in [0, 0.05) is 17.0 Å². The van der Waals surface area contributed by atoms with Gasteiger partial charge in [0.05, 0.1) is 6.54 Å². The highest BCUT2D eigenvalue weighted by Crippen LogP contribution is 2.23. The Labute approximate surface area is 126 Å². The van der Waals surface area contributed by atoms with Crippen molar-refractivity contribution < 1.29 is 9.32 Å². The third kappa shape index (κ3) is 3.25. The maximum atomic E-state index is 11.1. The van der Waals surface area contributed by atoms with E-state index in [0.29, 0.717) is 18.3 Å². The van der Waals surface area contributed by atoms with Crippen LogP contribution in [0.1, 0.15) is 18.9 Å². The van der Waals surface area contributed by atoms with Crippen molar-refractivity contribution in [3.05, 3.63) is 30.2 Å². The largest absolute Gasteiger partial charge is 0.353 e. The summed E-state index contributed by atoms with van der Waals surface area (Å²) in [5, 5.41) is 9.84. The Balaban J connectivity index is 1.73. The highest BCUT2D eigenvalue weighted by Gasteiger charge is 2.24. The van der Waals surface area contributed by atoms with E-state index in [0.717, 1.165) is 11.3 Å². The van der Waals surface area contributed by atoms with Gasteiger partial charge in [0.2, 0.25) is 17.6 Å². The number of hydrogen-bond acceptors (Lipinski definition) is 6. The zero-order valence-electron chi connectivity index (χ0n) is 11.6. The zero-order valence-corrected chi connectivity index (χ0v) is 12.4. The third-order valence-corrected chi connectivity index (χ3v) is 4.07. The Hall–Kier alpha value is -1.86. The first kappa shape index (κ1) is 14.1. The predicted molar refractivity (Wildman–Crippen MR) is 79.9 cm³/mol. The van der Waals surface area contributed by atoms with Crippen LogP contribution >= 0.6 is 11.8 Å². The molecule has 7 heteroatoms. The van der Waals surface area contributed by atoms with Gasteiger partial charge >= 0.3 is 0 Å². The number of aromatic nitrogens is 2. The molecule has 0 aliphatic carbocycles. The van der Waals surface area contributed by atoms with Crippen LogP contribution in [0.5, 0.6) is 0 Å². The summed E-state index contributed by atoms with van der Waals surface area (Å²) in [7, 11) is 0. The Bertz CT molecular complexity index is 616. The van der Waals surface area contributed by atoms with E-state index in [4.69, 9.17) is 4.52 Å². The molecular formula is C14H16N4O2S. The van der Waals surface area contributed by atoms with Crippen molar-refractivity contribution in [2.75, 3.05) is 18.8 Å². The number of nitrogens with zero attached hydrogens (tertiary/aromatic N) is 2. The summed E-state index contributed by atoms with van der Waals surface area (Å²) >= 11 is 1.79. The Morgan fingerprint density at radius 1 is 1.38 bits per heavy atom. The second-order valence-electron chi connectivity index (χ2n) is 4.65. The first-order valence-electron chi connectivity index (χ1n) is 6.83. The van der Waals surface area contributed by atoms with Gasteiger partial charge in [0.1, 0.15) is 6.04 Å². The molecular weight excluding hydrogens is 288 g/mol. The van der Waals surface area contributed by atoms with E-state index >= 15 is 0 Å². The number of carbonyl (C=O) groups is 1. The molecule has 2 N–H and O–H groups in total. The molecule has 1 aromatic heterocycles. The minimum atomic E-state index is -0.126. The third-order valence-electron chi connectivity index (χ3n) is 3.18. The smallest absolute Gasteiger partial charge is 0.245 e. The molecule has 3 rings (SSSR count). The predicted octanol–water partition coefficient (Wildman–Crippen LogP) is 1.61. The van der Waals surface area contributed by atoms with Crippen LogP contribution in [0.2, 0.25) is 0 Å². The van der Waals surface area contributed by atoms with Gasteiger partial charge in [-0.05, 0) is 30.0 Å². The molecule has 1 aliphatic heterocycles. The number of carbonyl (C=O) groups excluding carboxylic acids is 1. The van der Waals surface area contributed by atoms with E-state index in [1.165, 1.54) is 4.90 Å². The number of amides is 1. The van der Waals surface area contributed by atoms with Crippen molar-refractivity contribution in [2.45, 2.75) is 17.9 Å². The lowest BCUT2D eigenvalue weighted by Gasteiger charge is -2.20. The van der Waals surface area contributed by atoms with E-state index in [2.05, 4.69) is 39.8 Å². The molecule has 1 unspecified atom stereocenters. The van der Waals surface area contributed by atoms with Crippen LogP contribution < -0.4 is 10.6 Å². The molecule has 2 heterocycles. The molecule has 0 saturated carbocycles. The Kier molecular flexibility index (Phi) is 4.21. The lowest BCUT2D eigenvalue weighted by molar-refractivity contribution is -0.121. The molecule has 1 amide bonds. The highest BCUT2D eigenvalue weighted by atomic mass is 32.2. The van der Waals surface area contributed by atoms with Gasteiger partial charge in [-0.3, -0.25) is 10.1 Å². The summed E-state index contributed by atoms with van der Waals surface area (Å²) in [6, 6.07) is 7.96. The average molecular weight is 304 g/mol. The molecule has 110 valence electrons. The maximum Gasteiger partial charge on any atom is 0.245 e. The second-order valence-corrected chi connectivity index (χ2v) is 5.99. The monoisotopic (exact) mass is 304 g/mol. The second kappa shape index (κ2) is 6.28. The highest BCUT2D eigenvalue weighted by molar-refractivity contribution is 7.99. The van der Waals surface area contributed by atoms with Crippen molar-refractivity contribution in [1.29, 1.82) is 0 Å². The fourth-order valence-corrected chi connectivity index (χ4v) is 2.76. The molecule has 1 saturated heterocycles. The minimum Gasteiger partial charge on any atom is -0.353 e. The average Bonchev–Trinajstić information content (AvgIpc) is 2.99. The Morgan fingerprint density at radius 3 is 2.86 bits per heavy atom. The molecule has 0 radical (unpaired) electrons. The molecule has 0 bridgehead atoms. The zero-order chi connectivity index (χ0) is 14.7. The molecule has 6 nitrogen and oxygen atoms in total. The number of nitrogens with one attached hydrogen (secondary N) is 2. The van der Waals surface area contributed by atoms with Gasteiger partial charge < -0.3 is 9.84 Å². The first-order chi connectivity index (χ1) is 10.3. The van der Waals surface area contributed by atoms with Crippen LogP contribution in [-0.2, 0) is 4.79 Å². The number of hydrogen-bond donors (Lipinski definition) is 2. The lowest BCUT2D eigenvalue weighted by Crippen LogP contribution is -2.47. The first-order valence-corrected chi connectivity index (χ1v) is 7.81.